The van der Waals surface area contributed by atoms with Crippen LogP contribution in [0, 0.1) is 6.92 Å². The molecule has 0 aliphatic rings. The molecule has 4 rings (SSSR count). The molecule has 2 aromatic heterocycles. The molecule has 7 heteroatoms. The predicted molar refractivity (Wildman–Crippen MR) is 97.0 cm³/mol. The van der Waals surface area contributed by atoms with E-state index in [4.69, 9.17) is 9.26 Å². The van der Waals surface area contributed by atoms with Gasteiger partial charge in [0.2, 0.25) is 5.82 Å². The van der Waals surface area contributed by atoms with Gasteiger partial charge in [0.05, 0.1) is 23.7 Å². The Bertz CT molecular complexity index is 1180. The molecule has 0 atom stereocenters. The molecule has 4 aromatic rings. The van der Waals surface area contributed by atoms with E-state index in [0.717, 1.165) is 16.6 Å². The zero-order chi connectivity index (χ0) is 18.3. The van der Waals surface area contributed by atoms with Crippen LogP contribution in [-0.4, -0.2) is 26.8 Å². The summed E-state index contributed by atoms with van der Waals surface area (Å²) in [5.41, 5.74) is 3.27. The van der Waals surface area contributed by atoms with Crippen LogP contribution in [0.25, 0.3) is 33.9 Å². The Labute approximate surface area is 148 Å². The van der Waals surface area contributed by atoms with E-state index in [-0.39, 0.29) is 5.56 Å². The van der Waals surface area contributed by atoms with Gasteiger partial charge in [-0.2, -0.15) is 4.98 Å². The smallest absolute Gasteiger partial charge is 0.272 e. The van der Waals surface area contributed by atoms with E-state index in [2.05, 4.69) is 15.1 Å². The lowest BCUT2D eigenvalue weighted by Gasteiger charge is -2.06. The first-order valence-electron chi connectivity index (χ1n) is 8.03. The van der Waals surface area contributed by atoms with Gasteiger partial charge in [0.15, 0.2) is 0 Å². The number of hydrogen-bond acceptors (Lipinski definition) is 6. The molecular formula is C19H16N4O3. The Morgan fingerprint density at radius 2 is 1.92 bits per heavy atom. The van der Waals surface area contributed by atoms with Crippen LogP contribution in [0.4, 0.5) is 0 Å². The first kappa shape index (κ1) is 16.0. The number of methoxy groups -OCH3 is 1. The quantitative estimate of drug-likeness (QED) is 0.566. The van der Waals surface area contributed by atoms with Crippen molar-refractivity contribution in [2.45, 2.75) is 6.92 Å². The van der Waals surface area contributed by atoms with E-state index >= 15 is 0 Å². The van der Waals surface area contributed by atoms with Crippen LogP contribution in [0.3, 0.4) is 0 Å². The third-order valence-electron chi connectivity index (χ3n) is 4.26. The van der Waals surface area contributed by atoms with Gasteiger partial charge in [-0.05, 0) is 37.3 Å². The first-order valence-corrected chi connectivity index (χ1v) is 8.03. The summed E-state index contributed by atoms with van der Waals surface area (Å²) in [6.45, 7) is 1.70. The standard InChI is InChI=1S/C19H16N4O3/c1-11-19(24)23(2)15-9-8-12(10-14(15)20-11)17-21-18(26-22-17)13-6-4-5-7-16(13)25-3/h4-10H,1-3H3. The van der Waals surface area contributed by atoms with Crippen LogP contribution in [0.5, 0.6) is 5.75 Å². The first-order chi connectivity index (χ1) is 12.6. The molecule has 0 spiro atoms. The highest BCUT2D eigenvalue weighted by Crippen LogP contribution is 2.30. The van der Waals surface area contributed by atoms with Gasteiger partial charge in [-0.3, -0.25) is 4.79 Å². The van der Waals surface area contributed by atoms with Crippen LogP contribution in [0.15, 0.2) is 51.8 Å². The average molecular weight is 348 g/mol. The van der Waals surface area contributed by atoms with Crippen molar-refractivity contribution in [1.82, 2.24) is 19.7 Å². The summed E-state index contributed by atoms with van der Waals surface area (Å²) in [5, 5.41) is 4.07. The van der Waals surface area contributed by atoms with E-state index in [1.165, 1.54) is 0 Å². The van der Waals surface area contributed by atoms with E-state index in [1.807, 2.05) is 42.5 Å². The second-order valence-electron chi connectivity index (χ2n) is 5.89. The molecule has 2 aromatic carbocycles. The van der Waals surface area contributed by atoms with Crippen LogP contribution >= 0.6 is 0 Å². The summed E-state index contributed by atoms with van der Waals surface area (Å²) in [6.07, 6.45) is 0. The van der Waals surface area contributed by atoms with Crippen molar-refractivity contribution in [3.63, 3.8) is 0 Å². The molecule has 0 unspecified atom stereocenters. The second-order valence-corrected chi connectivity index (χ2v) is 5.89. The van der Waals surface area contributed by atoms with Crippen molar-refractivity contribution in [3.8, 4) is 28.6 Å². The maximum atomic E-state index is 12.0. The van der Waals surface area contributed by atoms with Crippen molar-refractivity contribution in [3.05, 3.63) is 58.5 Å². The lowest BCUT2D eigenvalue weighted by atomic mass is 10.1. The number of aryl methyl sites for hydroxylation is 2. The number of nitrogens with zero attached hydrogens (tertiary/aromatic N) is 4. The zero-order valence-electron chi connectivity index (χ0n) is 14.6. The van der Waals surface area contributed by atoms with E-state index in [0.29, 0.717) is 28.7 Å². The van der Waals surface area contributed by atoms with E-state index in [9.17, 15) is 4.79 Å². The lowest BCUT2D eigenvalue weighted by molar-refractivity contribution is 0.405. The fourth-order valence-corrected chi connectivity index (χ4v) is 2.89. The fraction of sp³-hybridized carbons (Fsp3) is 0.158. The molecule has 0 amide bonds. The van der Waals surface area contributed by atoms with Gasteiger partial charge >= 0.3 is 0 Å². The molecule has 0 bridgehead atoms. The number of benzene rings is 2. The largest absolute Gasteiger partial charge is 0.496 e. The second kappa shape index (κ2) is 6.11. The number of fused-ring (bicyclic) bond motifs is 1. The summed E-state index contributed by atoms with van der Waals surface area (Å²) in [7, 11) is 3.32. The summed E-state index contributed by atoms with van der Waals surface area (Å²) < 4.78 is 12.3. The summed E-state index contributed by atoms with van der Waals surface area (Å²) in [6, 6.07) is 13.0. The van der Waals surface area contributed by atoms with Gasteiger partial charge in [-0.1, -0.05) is 17.3 Å². The zero-order valence-corrected chi connectivity index (χ0v) is 14.6. The summed E-state index contributed by atoms with van der Waals surface area (Å²) in [4.78, 5) is 20.9. The topological polar surface area (TPSA) is 83.0 Å². The van der Waals surface area contributed by atoms with Crippen molar-refractivity contribution >= 4 is 11.0 Å². The van der Waals surface area contributed by atoms with Gasteiger partial charge in [0.1, 0.15) is 11.4 Å². The minimum atomic E-state index is -0.108. The minimum absolute atomic E-state index is 0.108. The van der Waals surface area contributed by atoms with Crippen LogP contribution in [0.1, 0.15) is 5.69 Å². The Kier molecular flexibility index (Phi) is 3.76. The number of para-hydroxylation sites is 1. The van der Waals surface area contributed by atoms with Gasteiger partial charge in [-0.25, -0.2) is 4.98 Å². The fourth-order valence-electron chi connectivity index (χ4n) is 2.89. The maximum Gasteiger partial charge on any atom is 0.272 e. The van der Waals surface area contributed by atoms with Crippen molar-refractivity contribution in [2.24, 2.45) is 7.05 Å². The minimum Gasteiger partial charge on any atom is -0.496 e. The molecule has 0 N–H and O–H groups in total. The average Bonchev–Trinajstić information content (AvgIpc) is 3.16. The number of ether oxygens (including phenoxy) is 1. The van der Waals surface area contributed by atoms with E-state index in [1.54, 1.807) is 25.6 Å². The van der Waals surface area contributed by atoms with Crippen molar-refractivity contribution < 1.29 is 9.26 Å². The summed E-state index contributed by atoms with van der Waals surface area (Å²) in [5.74, 6) is 1.48. The monoisotopic (exact) mass is 348 g/mol. The van der Waals surface area contributed by atoms with Crippen molar-refractivity contribution in [1.29, 1.82) is 0 Å². The molecular weight excluding hydrogens is 332 g/mol. The van der Waals surface area contributed by atoms with Crippen LogP contribution in [0.2, 0.25) is 0 Å². The molecule has 0 radical (unpaired) electrons. The molecule has 7 nitrogen and oxygen atoms in total. The third kappa shape index (κ3) is 2.54. The molecule has 0 saturated carbocycles. The predicted octanol–water partition coefficient (Wildman–Crippen LogP) is 2.97. The Hall–Kier alpha value is -3.48. The number of rotatable bonds is 3. The van der Waals surface area contributed by atoms with E-state index < -0.39 is 0 Å². The maximum absolute atomic E-state index is 12.0. The normalized spacial score (nSPS) is 11.0. The Morgan fingerprint density at radius 1 is 1.12 bits per heavy atom. The number of aromatic nitrogens is 4. The molecule has 0 aliphatic heterocycles. The molecule has 0 saturated heterocycles. The highest BCUT2D eigenvalue weighted by atomic mass is 16.5. The molecule has 2 heterocycles. The molecule has 130 valence electrons. The lowest BCUT2D eigenvalue weighted by Crippen LogP contribution is -2.20. The van der Waals surface area contributed by atoms with Crippen LogP contribution < -0.4 is 10.3 Å². The molecule has 0 fully saturated rings. The Morgan fingerprint density at radius 3 is 2.73 bits per heavy atom. The SMILES string of the molecule is COc1ccccc1-c1nc(-c2ccc3c(c2)nc(C)c(=O)n3C)no1. The third-order valence-corrected chi connectivity index (χ3v) is 4.26. The van der Waals surface area contributed by atoms with Gasteiger partial charge in [0, 0.05) is 12.6 Å². The highest BCUT2D eigenvalue weighted by molar-refractivity contribution is 5.80. The Balaban J connectivity index is 1.81. The van der Waals surface area contributed by atoms with Gasteiger partial charge in [0.25, 0.3) is 11.4 Å². The van der Waals surface area contributed by atoms with Crippen LogP contribution in [-0.2, 0) is 7.05 Å². The molecule has 0 aliphatic carbocycles. The van der Waals surface area contributed by atoms with Crippen molar-refractivity contribution in [2.75, 3.05) is 7.11 Å². The highest BCUT2D eigenvalue weighted by Gasteiger charge is 2.15. The molecule has 26 heavy (non-hydrogen) atoms. The van der Waals surface area contributed by atoms with Gasteiger partial charge < -0.3 is 13.8 Å². The summed E-state index contributed by atoms with van der Waals surface area (Å²) >= 11 is 0. The van der Waals surface area contributed by atoms with Gasteiger partial charge in [-0.15, -0.1) is 0 Å². The number of hydrogen-bond donors (Lipinski definition) is 0.